The normalized spacial score (nSPS) is 22.1. The Bertz CT molecular complexity index is 308. The summed E-state index contributed by atoms with van der Waals surface area (Å²) in [5.74, 6) is 0. The molecule has 2 heterocycles. The van der Waals surface area contributed by atoms with Crippen molar-refractivity contribution in [1.82, 2.24) is 10.6 Å². The Kier molecular flexibility index (Phi) is 3.18. The van der Waals surface area contributed by atoms with Crippen LogP contribution in [-0.2, 0) is 13.0 Å². The van der Waals surface area contributed by atoms with Crippen LogP contribution in [0, 0.1) is 0 Å². The lowest BCUT2D eigenvalue weighted by Gasteiger charge is -2.23. The molecule has 0 saturated heterocycles. The minimum absolute atomic E-state index is 0.105. The van der Waals surface area contributed by atoms with Gasteiger partial charge < -0.3 is 5.32 Å². The largest absolute Gasteiger partial charge is 0.302 e. The van der Waals surface area contributed by atoms with Gasteiger partial charge in [0.05, 0.1) is 16.8 Å². The van der Waals surface area contributed by atoms with Crippen LogP contribution < -0.4 is 15.8 Å². The molecule has 1 aliphatic rings. The second kappa shape index (κ2) is 4.40. The highest BCUT2D eigenvalue weighted by atomic mass is 32.2. The first kappa shape index (κ1) is 10.1. The van der Waals surface area contributed by atoms with Crippen molar-refractivity contribution >= 4 is 10.7 Å². The Balaban J connectivity index is 1.98. The van der Waals surface area contributed by atoms with Crippen LogP contribution in [0.15, 0.2) is 10.8 Å². The summed E-state index contributed by atoms with van der Waals surface area (Å²) in [5, 5.41) is 17.2. The fraction of sp³-hybridized carbons (Fsp3) is 0.600. The number of nitrogens with one attached hydrogen (secondary N) is 2. The molecule has 14 heavy (non-hydrogen) atoms. The number of rotatable bonds is 3. The molecule has 1 aliphatic heterocycles. The smallest absolute Gasteiger partial charge is 0.164 e. The van der Waals surface area contributed by atoms with E-state index in [1.54, 1.807) is 0 Å². The SMILES string of the molecule is CCCN[C@@H]1Cc2c[s+](N)cc2CN1. The number of fused-ring (bicyclic) bond motifs is 1. The molecule has 0 bridgehead atoms. The number of nitrogen functional groups attached to an aromatic ring is 1. The summed E-state index contributed by atoms with van der Waals surface area (Å²) >= 11 is 0. The predicted octanol–water partition coefficient (Wildman–Crippen LogP) is 1.12. The van der Waals surface area contributed by atoms with Gasteiger partial charge in [0.1, 0.15) is 0 Å². The van der Waals surface area contributed by atoms with E-state index in [1.807, 2.05) is 0 Å². The summed E-state index contributed by atoms with van der Waals surface area (Å²) in [5.41, 5.74) is 2.86. The third-order valence-electron chi connectivity index (χ3n) is 2.57. The second-order valence-corrected chi connectivity index (χ2v) is 5.07. The van der Waals surface area contributed by atoms with E-state index >= 15 is 0 Å². The zero-order chi connectivity index (χ0) is 9.97. The zero-order valence-electron chi connectivity index (χ0n) is 8.55. The minimum atomic E-state index is -0.105. The average Bonchev–Trinajstić information content (AvgIpc) is 2.54. The quantitative estimate of drug-likeness (QED) is 0.658. The Morgan fingerprint density at radius 3 is 3.14 bits per heavy atom. The Morgan fingerprint density at radius 2 is 2.36 bits per heavy atom. The van der Waals surface area contributed by atoms with Crippen molar-refractivity contribution in [3.8, 4) is 0 Å². The van der Waals surface area contributed by atoms with Gasteiger partial charge in [0.15, 0.2) is 10.8 Å². The molecule has 2 atom stereocenters. The van der Waals surface area contributed by atoms with E-state index in [-0.39, 0.29) is 10.7 Å². The summed E-state index contributed by atoms with van der Waals surface area (Å²) in [6.45, 7) is 4.24. The van der Waals surface area contributed by atoms with Crippen molar-refractivity contribution in [1.29, 1.82) is 0 Å². The van der Waals surface area contributed by atoms with Gasteiger partial charge in [0, 0.05) is 24.1 Å². The van der Waals surface area contributed by atoms with Crippen LogP contribution in [0.25, 0.3) is 0 Å². The Hall–Kier alpha value is -0.420. The molecule has 4 heteroatoms. The van der Waals surface area contributed by atoms with E-state index < -0.39 is 0 Å². The molecule has 0 fully saturated rings. The zero-order valence-corrected chi connectivity index (χ0v) is 9.36. The Labute approximate surface area is 87.8 Å². The van der Waals surface area contributed by atoms with E-state index in [9.17, 15) is 0 Å². The van der Waals surface area contributed by atoms with Gasteiger partial charge in [-0.15, -0.1) is 5.14 Å². The monoisotopic (exact) mass is 212 g/mol. The van der Waals surface area contributed by atoms with Gasteiger partial charge in [-0.25, -0.2) is 0 Å². The van der Waals surface area contributed by atoms with E-state index in [2.05, 4.69) is 28.3 Å². The van der Waals surface area contributed by atoms with Crippen LogP contribution in [0.1, 0.15) is 24.5 Å². The van der Waals surface area contributed by atoms with E-state index in [4.69, 9.17) is 5.14 Å². The van der Waals surface area contributed by atoms with Crippen molar-refractivity contribution in [2.45, 2.75) is 32.5 Å². The number of thiophene rings is 1. The fourth-order valence-electron chi connectivity index (χ4n) is 1.84. The van der Waals surface area contributed by atoms with Gasteiger partial charge in [-0.3, -0.25) is 5.32 Å². The number of hydrogen-bond donors (Lipinski definition) is 3. The molecular formula is C10H18N3S+. The fourth-order valence-corrected chi connectivity index (χ4v) is 3.04. The molecule has 2 rings (SSSR count). The summed E-state index contributed by atoms with van der Waals surface area (Å²) in [4.78, 5) is 0. The molecule has 0 aliphatic carbocycles. The van der Waals surface area contributed by atoms with E-state index in [0.29, 0.717) is 6.17 Å². The standard InChI is InChI=1S/C10H18N3S/c1-2-3-12-10-4-8-6-14(11)7-9(8)5-13-10/h6-7,10,12-13H,2-5,11H2,1H3/q+1/t10-,14?/m0/s1. The Morgan fingerprint density at radius 1 is 1.57 bits per heavy atom. The van der Waals surface area contributed by atoms with Gasteiger partial charge in [0.25, 0.3) is 0 Å². The minimum Gasteiger partial charge on any atom is -0.302 e. The molecule has 1 aromatic rings. The van der Waals surface area contributed by atoms with Crippen LogP contribution in [0.4, 0.5) is 0 Å². The van der Waals surface area contributed by atoms with Gasteiger partial charge >= 0.3 is 0 Å². The van der Waals surface area contributed by atoms with Crippen molar-refractivity contribution in [3.05, 3.63) is 21.9 Å². The molecule has 4 N–H and O–H groups in total. The molecule has 1 unspecified atom stereocenters. The highest BCUT2D eigenvalue weighted by molar-refractivity contribution is 7.28. The highest BCUT2D eigenvalue weighted by Gasteiger charge is 2.22. The van der Waals surface area contributed by atoms with Gasteiger partial charge in [0.2, 0.25) is 0 Å². The van der Waals surface area contributed by atoms with Crippen LogP contribution in [0.3, 0.4) is 0 Å². The van der Waals surface area contributed by atoms with Gasteiger partial charge in [-0.2, -0.15) is 0 Å². The maximum absolute atomic E-state index is 5.87. The van der Waals surface area contributed by atoms with Crippen molar-refractivity contribution < 1.29 is 0 Å². The average molecular weight is 212 g/mol. The first-order valence-electron chi connectivity index (χ1n) is 5.14. The van der Waals surface area contributed by atoms with Crippen molar-refractivity contribution in [3.63, 3.8) is 0 Å². The predicted molar refractivity (Wildman–Crippen MR) is 61.7 cm³/mol. The molecule has 1 aromatic heterocycles. The molecule has 3 nitrogen and oxygen atoms in total. The summed E-state index contributed by atoms with van der Waals surface area (Å²) in [7, 11) is -0.105. The van der Waals surface area contributed by atoms with Gasteiger partial charge in [-0.05, 0) is 13.0 Å². The highest BCUT2D eigenvalue weighted by Crippen LogP contribution is 2.24. The van der Waals surface area contributed by atoms with Crippen LogP contribution >= 0.6 is 10.7 Å². The van der Waals surface area contributed by atoms with Crippen LogP contribution in [0.2, 0.25) is 0 Å². The first-order chi connectivity index (χ1) is 6.79. The van der Waals surface area contributed by atoms with E-state index in [1.165, 1.54) is 17.5 Å². The summed E-state index contributed by atoms with van der Waals surface area (Å²) in [6, 6.07) is 0. The molecule has 0 aromatic carbocycles. The maximum Gasteiger partial charge on any atom is 0.164 e. The third-order valence-corrected chi connectivity index (χ3v) is 3.69. The second-order valence-electron chi connectivity index (χ2n) is 3.79. The molecule has 0 spiro atoms. The first-order valence-corrected chi connectivity index (χ1v) is 6.56. The van der Waals surface area contributed by atoms with Gasteiger partial charge in [-0.1, -0.05) is 6.92 Å². The lowest BCUT2D eigenvalue weighted by Crippen LogP contribution is -2.46. The summed E-state index contributed by atoms with van der Waals surface area (Å²) in [6.07, 6.45) is 2.70. The summed E-state index contributed by atoms with van der Waals surface area (Å²) < 4.78 is 0. The van der Waals surface area contributed by atoms with Crippen LogP contribution in [0.5, 0.6) is 0 Å². The molecule has 0 saturated carbocycles. The molecular weight excluding hydrogens is 194 g/mol. The lowest BCUT2D eigenvalue weighted by atomic mass is 10.0. The topological polar surface area (TPSA) is 50.1 Å². The number of hydrogen-bond acceptors (Lipinski definition) is 3. The molecule has 0 amide bonds. The number of nitrogens with two attached hydrogens (primary N) is 1. The van der Waals surface area contributed by atoms with Crippen molar-refractivity contribution in [2.24, 2.45) is 0 Å². The molecule has 78 valence electrons. The molecule has 0 radical (unpaired) electrons. The lowest BCUT2D eigenvalue weighted by molar-refractivity contribution is 0.402. The van der Waals surface area contributed by atoms with Crippen LogP contribution in [-0.4, -0.2) is 12.7 Å². The van der Waals surface area contributed by atoms with Crippen molar-refractivity contribution in [2.75, 3.05) is 11.7 Å². The maximum atomic E-state index is 5.87. The van der Waals surface area contributed by atoms with E-state index in [0.717, 1.165) is 19.5 Å². The third kappa shape index (κ3) is 2.15.